The molecule has 1 N–H and O–H groups in total. The summed E-state index contributed by atoms with van der Waals surface area (Å²) < 4.78 is 10.3. The first-order chi connectivity index (χ1) is 13.2. The molecule has 9 heteroatoms. The number of nitro groups is 1. The van der Waals surface area contributed by atoms with Crippen molar-refractivity contribution in [2.24, 2.45) is 5.92 Å². The van der Waals surface area contributed by atoms with E-state index in [2.05, 4.69) is 5.32 Å². The van der Waals surface area contributed by atoms with E-state index in [1.807, 2.05) is 13.8 Å². The minimum Gasteiger partial charge on any atom is -1.00 e. The molecular formula is C20H26CaN2O6. The van der Waals surface area contributed by atoms with Crippen molar-refractivity contribution in [3.8, 4) is 0 Å². The second kappa shape index (κ2) is 10.8. The molecule has 154 valence electrons. The van der Waals surface area contributed by atoms with Crippen molar-refractivity contribution < 1.29 is 26.8 Å². The van der Waals surface area contributed by atoms with Gasteiger partial charge in [0.25, 0.3) is 5.69 Å². The van der Waals surface area contributed by atoms with Crippen molar-refractivity contribution in [2.45, 2.75) is 33.6 Å². The number of hydrogen-bond acceptors (Lipinski definition) is 7. The Kier molecular flexibility index (Phi) is 9.32. The molecule has 1 aliphatic heterocycles. The van der Waals surface area contributed by atoms with E-state index in [1.165, 1.54) is 25.3 Å². The van der Waals surface area contributed by atoms with Crippen molar-refractivity contribution in [2.75, 3.05) is 13.7 Å². The van der Waals surface area contributed by atoms with E-state index in [-0.39, 0.29) is 75.5 Å². The van der Waals surface area contributed by atoms with Crippen molar-refractivity contribution >= 4 is 55.4 Å². The van der Waals surface area contributed by atoms with Gasteiger partial charge in [-0.25, -0.2) is 9.59 Å². The quantitative estimate of drug-likeness (QED) is 0.320. The van der Waals surface area contributed by atoms with E-state index in [9.17, 15) is 19.7 Å². The third kappa shape index (κ3) is 5.58. The predicted octanol–water partition coefficient (Wildman–Crippen LogP) is 3.05. The fourth-order valence-corrected chi connectivity index (χ4v) is 3.17. The smallest absolute Gasteiger partial charge is 1.00 e. The van der Waals surface area contributed by atoms with Crippen LogP contribution in [-0.4, -0.2) is 68.3 Å². The number of nitro benzene ring substituents is 1. The normalized spacial score (nSPS) is 16.1. The molecule has 0 bridgehead atoms. The minimum absolute atomic E-state index is 0. The number of nitrogens with one attached hydrogen (secondary N) is 1. The number of ether oxygens (including phenoxy) is 2. The summed E-state index contributed by atoms with van der Waals surface area (Å²) >= 11 is 0. The summed E-state index contributed by atoms with van der Waals surface area (Å²) in [4.78, 5) is 36.5. The van der Waals surface area contributed by atoms with Crippen LogP contribution in [0.3, 0.4) is 0 Å². The van der Waals surface area contributed by atoms with Gasteiger partial charge in [-0.15, -0.1) is 0 Å². The van der Waals surface area contributed by atoms with Gasteiger partial charge in [-0.1, -0.05) is 32.0 Å². The van der Waals surface area contributed by atoms with Crippen molar-refractivity contribution in [1.82, 2.24) is 5.32 Å². The predicted molar refractivity (Wildman–Crippen MR) is 110 cm³/mol. The third-order valence-electron chi connectivity index (χ3n) is 4.38. The summed E-state index contributed by atoms with van der Waals surface area (Å²) in [6.07, 6.45) is 0. The zero-order chi connectivity index (χ0) is 21.0. The molecular weight excluding hydrogens is 404 g/mol. The first-order valence-electron chi connectivity index (χ1n) is 8.86. The van der Waals surface area contributed by atoms with E-state index < -0.39 is 22.8 Å². The molecule has 29 heavy (non-hydrogen) atoms. The Morgan fingerprint density at radius 1 is 1.17 bits per heavy atom. The Morgan fingerprint density at radius 2 is 1.72 bits per heavy atom. The number of carbonyl (C=O) groups excluding carboxylic acids is 2. The van der Waals surface area contributed by atoms with Crippen molar-refractivity contribution in [3.05, 3.63) is 62.5 Å². The van der Waals surface area contributed by atoms with E-state index >= 15 is 0 Å². The Balaban J connectivity index is 0. The van der Waals surface area contributed by atoms with Crippen molar-refractivity contribution in [1.29, 1.82) is 0 Å². The van der Waals surface area contributed by atoms with Crippen LogP contribution in [-0.2, 0) is 19.1 Å². The number of dihydropyridines is 1. The average Bonchev–Trinajstić information content (AvgIpc) is 2.64. The second-order valence-corrected chi connectivity index (χ2v) is 6.94. The summed E-state index contributed by atoms with van der Waals surface area (Å²) in [5, 5.41) is 14.6. The molecule has 0 radical (unpaired) electrons. The molecule has 2 rings (SSSR count). The molecule has 1 aromatic rings. The van der Waals surface area contributed by atoms with E-state index in [0.29, 0.717) is 11.4 Å². The van der Waals surface area contributed by atoms with Gasteiger partial charge >= 0.3 is 49.7 Å². The number of esters is 2. The van der Waals surface area contributed by atoms with Gasteiger partial charge in [0.05, 0.1) is 35.7 Å². The zero-order valence-electron chi connectivity index (χ0n) is 19.3. The molecule has 1 heterocycles. The van der Waals surface area contributed by atoms with Crippen LogP contribution in [0.1, 0.15) is 42.0 Å². The van der Waals surface area contributed by atoms with Crippen LogP contribution in [0.15, 0.2) is 46.8 Å². The van der Waals surface area contributed by atoms with Gasteiger partial charge in [-0.3, -0.25) is 10.1 Å². The largest absolute Gasteiger partial charge is 2.00 e. The second-order valence-electron chi connectivity index (χ2n) is 6.94. The van der Waals surface area contributed by atoms with E-state index in [0.717, 1.165) is 0 Å². The molecule has 0 aromatic heterocycles. The number of nitrogens with zero attached hydrogens (tertiary/aromatic N) is 1. The number of rotatable bonds is 6. The Morgan fingerprint density at radius 3 is 2.24 bits per heavy atom. The van der Waals surface area contributed by atoms with Gasteiger partial charge in [-0.05, 0) is 19.8 Å². The van der Waals surface area contributed by atoms with E-state index in [4.69, 9.17) is 9.47 Å². The summed E-state index contributed by atoms with van der Waals surface area (Å²) in [6.45, 7) is 7.32. The average molecular weight is 431 g/mol. The number of benzene rings is 1. The topological polar surface area (TPSA) is 108 Å². The van der Waals surface area contributed by atoms with Crippen LogP contribution in [0, 0.1) is 16.0 Å². The molecule has 0 amide bonds. The monoisotopic (exact) mass is 430 g/mol. The van der Waals surface area contributed by atoms with Crippen LogP contribution in [0.4, 0.5) is 5.69 Å². The molecule has 8 nitrogen and oxygen atoms in total. The summed E-state index contributed by atoms with van der Waals surface area (Å²) in [5.74, 6) is -2.16. The summed E-state index contributed by atoms with van der Waals surface area (Å²) in [7, 11) is 1.22. The molecule has 0 spiro atoms. The Hall–Kier alpha value is -1.90. The third-order valence-corrected chi connectivity index (χ3v) is 4.38. The Labute approximate surface area is 202 Å². The minimum atomic E-state index is -0.977. The van der Waals surface area contributed by atoms with Crippen LogP contribution in [0.25, 0.3) is 0 Å². The molecule has 0 aliphatic carbocycles. The van der Waals surface area contributed by atoms with Crippen LogP contribution >= 0.6 is 0 Å². The maximum Gasteiger partial charge on any atom is 2.00 e. The molecule has 1 aliphatic rings. The number of para-hydroxylation sites is 1. The molecule has 0 saturated carbocycles. The zero-order valence-corrected chi connectivity index (χ0v) is 19.5. The molecule has 0 saturated heterocycles. The van der Waals surface area contributed by atoms with Gasteiger partial charge in [0.1, 0.15) is 0 Å². The van der Waals surface area contributed by atoms with Gasteiger partial charge in [0.2, 0.25) is 0 Å². The van der Waals surface area contributed by atoms with Gasteiger partial charge in [0, 0.05) is 23.0 Å². The number of hydrogen-bond donors (Lipinski definition) is 1. The van der Waals surface area contributed by atoms with Crippen LogP contribution in [0.5, 0.6) is 0 Å². The SMILES string of the molecule is COC(=O)C1=C(C)NC(C)=C(C(=O)OCC(C)C)C1c1ccccc1[N+](=O)[O-].[Ca+2].[H-].[H-]. The van der Waals surface area contributed by atoms with E-state index in [1.54, 1.807) is 19.9 Å². The maximum absolute atomic E-state index is 12.9. The van der Waals surface area contributed by atoms with Crippen LogP contribution in [0.2, 0.25) is 0 Å². The molecule has 1 aromatic carbocycles. The summed E-state index contributed by atoms with van der Waals surface area (Å²) in [6, 6.07) is 6.03. The van der Waals surface area contributed by atoms with Gasteiger partial charge in [-0.2, -0.15) is 0 Å². The van der Waals surface area contributed by atoms with Gasteiger partial charge < -0.3 is 17.6 Å². The van der Waals surface area contributed by atoms with Crippen molar-refractivity contribution in [3.63, 3.8) is 0 Å². The molecule has 1 atom stereocenters. The number of allylic oxidation sites excluding steroid dienone is 2. The van der Waals surface area contributed by atoms with Crippen LogP contribution < -0.4 is 5.32 Å². The standard InChI is InChI=1S/C20H24N2O6.Ca.2H/c1-11(2)10-28-20(24)17-13(4)21-12(3)16(19(23)27-5)18(17)14-8-6-7-9-15(14)22(25)26;;;/h6-9,11,18,21H,10H2,1-5H3;;;/q;+2;2*-1. The number of carbonyl (C=O) groups is 2. The molecule has 0 fully saturated rings. The van der Waals surface area contributed by atoms with Gasteiger partial charge in [0.15, 0.2) is 0 Å². The first kappa shape index (κ1) is 25.1. The fraction of sp³-hybridized carbons (Fsp3) is 0.400. The number of methoxy groups -OCH3 is 1. The molecule has 1 unspecified atom stereocenters. The fourth-order valence-electron chi connectivity index (χ4n) is 3.17. The summed E-state index contributed by atoms with van der Waals surface area (Å²) in [5.41, 5.74) is 1.27. The Bertz CT molecular complexity index is 886. The first-order valence-corrected chi connectivity index (χ1v) is 8.86. The maximum atomic E-state index is 12.9.